The zero-order valence-corrected chi connectivity index (χ0v) is 18.9. The molecule has 1 aliphatic rings. The number of hydrogen-bond donors (Lipinski definition) is 2. The van der Waals surface area contributed by atoms with Gasteiger partial charge in [0.25, 0.3) is 11.8 Å². The van der Waals surface area contributed by atoms with Crippen LogP contribution in [0.5, 0.6) is 0 Å². The lowest BCUT2D eigenvalue weighted by atomic mass is 10.0. The highest BCUT2D eigenvalue weighted by Crippen LogP contribution is 2.38. The van der Waals surface area contributed by atoms with Crippen molar-refractivity contribution in [2.45, 2.75) is 26.3 Å². The zero-order valence-electron chi connectivity index (χ0n) is 17.4. The monoisotopic (exact) mass is 468 g/mol. The third-order valence-corrected chi connectivity index (χ3v) is 6.98. The van der Waals surface area contributed by atoms with E-state index in [4.69, 9.17) is 11.6 Å². The van der Waals surface area contributed by atoms with Gasteiger partial charge in [-0.05, 0) is 48.2 Å². The number of amides is 2. The number of fused-ring (bicyclic) bond motifs is 1. The van der Waals surface area contributed by atoms with Gasteiger partial charge in [0.2, 0.25) is 0 Å². The zero-order chi connectivity index (χ0) is 22.8. The molecule has 3 aromatic rings. The van der Waals surface area contributed by atoms with Crippen LogP contribution in [-0.2, 0) is 19.4 Å². The molecule has 0 atom stereocenters. The molecule has 32 heavy (non-hydrogen) atoms. The molecule has 0 radical (unpaired) electrons. The van der Waals surface area contributed by atoms with E-state index in [0.717, 1.165) is 16.9 Å². The second kappa shape index (κ2) is 9.14. The minimum Gasteiger partial charge on any atom is -0.478 e. The Bertz CT molecular complexity index is 1200. The van der Waals surface area contributed by atoms with Crippen LogP contribution >= 0.6 is 22.9 Å². The molecule has 1 aliphatic heterocycles. The SMILES string of the molecule is CCc1ccc(C(=O)Nc2sc3c(c2C(=O)O)CCN(C(=O)c2ccccc2Cl)C3)cc1. The van der Waals surface area contributed by atoms with Crippen LogP contribution in [0, 0.1) is 0 Å². The van der Waals surface area contributed by atoms with Crippen molar-refractivity contribution in [3.63, 3.8) is 0 Å². The number of carboxylic acid groups (broad SMARTS) is 1. The molecule has 0 spiro atoms. The largest absolute Gasteiger partial charge is 0.478 e. The van der Waals surface area contributed by atoms with Gasteiger partial charge < -0.3 is 15.3 Å². The topological polar surface area (TPSA) is 86.7 Å². The molecule has 0 aliphatic carbocycles. The Labute approximate surface area is 194 Å². The number of aromatic carboxylic acids is 1. The van der Waals surface area contributed by atoms with E-state index >= 15 is 0 Å². The van der Waals surface area contributed by atoms with E-state index in [9.17, 15) is 19.5 Å². The number of anilines is 1. The minimum atomic E-state index is -1.09. The van der Waals surface area contributed by atoms with Crippen LogP contribution in [0.15, 0.2) is 48.5 Å². The highest BCUT2D eigenvalue weighted by atomic mass is 35.5. The Morgan fingerprint density at radius 3 is 2.50 bits per heavy atom. The molecule has 4 rings (SSSR count). The van der Waals surface area contributed by atoms with Crippen LogP contribution in [0.2, 0.25) is 5.02 Å². The Kier molecular flexibility index (Phi) is 6.30. The van der Waals surface area contributed by atoms with Gasteiger partial charge in [0.15, 0.2) is 0 Å². The van der Waals surface area contributed by atoms with Gasteiger partial charge in [-0.25, -0.2) is 4.79 Å². The third kappa shape index (κ3) is 4.26. The standard InChI is InChI=1S/C24H21ClN2O4S/c1-2-14-7-9-15(10-8-14)21(28)26-22-20(24(30)31)17-11-12-27(13-19(17)32-22)23(29)16-5-3-4-6-18(16)25/h3-10H,2,11-13H2,1H3,(H,26,28)(H,30,31). The van der Waals surface area contributed by atoms with E-state index in [1.165, 1.54) is 11.3 Å². The van der Waals surface area contributed by atoms with Gasteiger partial charge in [0.1, 0.15) is 5.00 Å². The fourth-order valence-corrected chi connectivity index (χ4v) is 5.23. The molecule has 0 saturated carbocycles. The molecule has 8 heteroatoms. The molecule has 1 aromatic heterocycles. The van der Waals surface area contributed by atoms with Gasteiger partial charge >= 0.3 is 5.97 Å². The van der Waals surface area contributed by atoms with E-state index in [2.05, 4.69) is 5.32 Å². The van der Waals surface area contributed by atoms with Crippen LogP contribution < -0.4 is 5.32 Å². The van der Waals surface area contributed by atoms with Crippen molar-refractivity contribution in [2.75, 3.05) is 11.9 Å². The second-order valence-electron chi connectivity index (χ2n) is 7.47. The number of carboxylic acids is 1. The van der Waals surface area contributed by atoms with Crippen LogP contribution in [0.4, 0.5) is 5.00 Å². The molecule has 2 heterocycles. The van der Waals surface area contributed by atoms with Gasteiger partial charge in [-0.15, -0.1) is 11.3 Å². The number of thiophene rings is 1. The van der Waals surface area contributed by atoms with Crippen LogP contribution in [0.25, 0.3) is 0 Å². The van der Waals surface area contributed by atoms with E-state index in [0.29, 0.717) is 39.7 Å². The Hall–Kier alpha value is -3.16. The molecular formula is C24H21ClN2O4S. The fourth-order valence-electron chi connectivity index (χ4n) is 3.76. The van der Waals surface area contributed by atoms with Crippen molar-refractivity contribution in [3.8, 4) is 0 Å². The molecule has 2 N–H and O–H groups in total. The highest BCUT2D eigenvalue weighted by Gasteiger charge is 2.31. The van der Waals surface area contributed by atoms with Gasteiger partial charge in [-0.3, -0.25) is 9.59 Å². The Balaban J connectivity index is 1.59. The first-order chi connectivity index (χ1) is 15.4. The maximum Gasteiger partial charge on any atom is 0.339 e. The molecule has 0 saturated heterocycles. The molecule has 0 bridgehead atoms. The summed E-state index contributed by atoms with van der Waals surface area (Å²) in [6, 6.07) is 14.1. The average molecular weight is 469 g/mol. The quantitative estimate of drug-likeness (QED) is 0.544. The lowest BCUT2D eigenvalue weighted by Crippen LogP contribution is -2.35. The summed E-state index contributed by atoms with van der Waals surface area (Å²) in [6.45, 7) is 2.68. The molecule has 6 nitrogen and oxygen atoms in total. The second-order valence-corrected chi connectivity index (χ2v) is 8.99. The first kappa shape index (κ1) is 22.0. The fraction of sp³-hybridized carbons (Fsp3) is 0.208. The minimum absolute atomic E-state index is 0.105. The van der Waals surface area contributed by atoms with Gasteiger partial charge in [-0.2, -0.15) is 0 Å². The van der Waals surface area contributed by atoms with Gasteiger partial charge in [0, 0.05) is 17.0 Å². The predicted octanol–water partition coefficient (Wildman–Crippen LogP) is 5.11. The Morgan fingerprint density at radius 2 is 1.84 bits per heavy atom. The lowest BCUT2D eigenvalue weighted by molar-refractivity contribution is 0.0696. The molecule has 2 aromatic carbocycles. The van der Waals surface area contributed by atoms with E-state index in [1.54, 1.807) is 41.3 Å². The summed E-state index contributed by atoms with van der Waals surface area (Å²) in [5.41, 5.74) is 2.76. The first-order valence-electron chi connectivity index (χ1n) is 10.2. The molecule has 0 unspecified atom stereocenters. The summed E-state index contributed by atoms with van der Waals surface area (Å²) in [4.78, 5) is 40.1. The van der Waals surface area contributed by atoms with Gasteiger partial charge in [-0.1, -0.05) is 42.8 Å². The molecular weight excluding hydrogens is 448 g/mol. The summed E-state index contributed by atoms with van der Waals surface area (Å²) in [6.07, 6.45) is 1.26. The van der Waals surface area contributed by atoms with E-state index in [1.807, 2.05) is 19.1 Å². The number of benzene rings is 2. The number of nitrogens with one attached hydrogen (secondary N) is 1. The number of aryl methyl sites for hydroxylation is 1. The van der Waals surface area contributed by atoms with Crippen molar-refractivity contribution in [1.29, 1.82) is 0 Å². The van der Waals surface area contributed by atoms with E-state index < -0.39 is 5.97 Å². The van der Waals surface area contributed by atoms with Crippen LogP contribution in [-0.4, -0.2) is 34.3 Å². The summed E-state index contributed by atoms with van der Waals surface area (Å²) >= 11 is 7.38. The van der Waals surface area contributed by atoms with Crippen molar-refractivity contribution in [2.24, 2.45) is 0 Å². The molecule has 2 amide bonds. The van der Waals surface area contributed by atoms with Crippen molar-refractivity contribution < 1.29 is 19.5 Å². The molecule has 164 valence electrons. The maximum absolute atomic E-state index is 12.9. The van der Waals surface area contributed by atoms with Crippen LogP contribution in [0.3, 0.4) is 0 Å². The maximum atomic E-state index is 12.9. The number of halogens is 1. The summed E-state index contributed by atoms with van der Waals surface area (Å²) in [7, 11) is 0. The van der Waals surface area contributed by atoms with Gasteiger partial charge in [0.05, 0.1) is 22.7 Å². The number of carbonyl (C=O) groups is 3. The number of rotatable bonds is 5. The normalized spacial score (nSPS) is 12.9. The number of carbonyl (C=O) groups excluding carboxylic acids is 2. The number of nitrogens with zero attached hydrogens (tertiary/aromatic N) is 1. The smallest absolute Gasteiger partial charge is 0.339 e. The van der Waals surface area contributed by atoms with Crippen LogP contribution in [0.1, 0.15) is 54.0 Å². The highest BCUT2D eigenvalue weighted by molar-refractivity contribution is 7.17. The predicted molar refractivity (Wildman–Crippen MR) is 125 cm³/mol. The van der Waals surface area contributed by atoms with Crippen molar-refractivity contribution in [3.05, 3.63) is 86.2 Å². The summed E-state index contributed by atoms with van der Waals surface area (Å²) < 4.78 is 0. The number of hydrogen-bond acceptors (Lipinski definition) is 4. The summed E-state index contributed by atoms with van der Waals surface area (Å²) in [5, 5.41) is 13.2. The first-order valence-corrected chi connectivity index (χ1v) is 11.4. The average Bonchev–Trinajstić information content (AvgIpc) is 3.16. The Morgan fingerprint density at radius 1 is 1.12 bits per heavy atom. The third-order valence-electron chi connectivity index (χ3n) is 5.51. The van der Waals surface area contributed by atoms with E-state index in [-0.39, 0.29) is 23.9 Å². The molecule has 0 fully saturated rings. The summed E-state index contributed by atoms with van der Waals surface area (Å²) in [5.74, 6) is -1.66. The van der Waals surface area contributed by atoms with Crippen molar-refractivity contribution in [1.82, 2.24) is 4.90 Å². The lowest BCUT2D eigenvalue weighted by Gasteiger charge is -2.27. The van der Waals surface area contributed by atoms with Crippen molar-refractivity contribution >= 4 is 45.7 Å².